The van der Waals surface area contributed by atoms with Gasteiger partial charge < -0.3 is 19.5 Å². The standard InChI is InChI=1S/C20H12Cl3N5O10S3.3Na/c21-16-18(22)25-20(23)26-19(16)24-8-1-4-14(40(33,34)35)12(5-8)27-28-13-7-15(41(36,37)38)11-6-9(39(30,31)32)2-3-10(11)17(13)29;;;/h1-7,29H,(H,24,25,26)(H,30,31,32)(H,33,34,35)(H,36,37,38);;;/q;3*+1/p-3. The maximum Gasteiger partial charge on any atom is 1.00 e. The molecular formula is C20H9Cl3N5Na3O10S3. The third-order valence-corrected chi connectivity index (χ3v) is 8.61. The molecular weight excluding hydrogens is 742 g/mol. The first-order valence-electron chi connectivity index (χ1n) is 10.2. The molecule has 24 heteroatoms. The van der Waals surface area contributed by atoms with Crippen LogP contribution in [0.2, 0.25) is 15.5 Å². The van der Waals surface area contributed by atoms with E-state index in [0.717, 1.165) is 30.3 Å². The Morgan fingerprint density at radius 2 is 1.36 bits per heavy atom. The van der Waals surface area contributed by atoms with Gasteiger partial charge in [0.2, 0.25) is 5.28 Å². The molecule has 0 spiro atoms. The molecule has 44 heavy (non-hydrogen) atoms. The Bertz CT molecular complexity index is 2130. The number of nitrogens with one attached hydrogen (secondary N) is 1. The molecule has 0 bridgehead atoms. The quantitative estimate of drug-likeness (QED) is 0.0590. The minimum absolute atomic E-state index is 0. The summed E-state index contributed by atoms with van der Waals surface area (Å²) in [5, 5.41) is 21.0. The molecule has 4 rings (SSSR count). The van der Waals surface area contributed by atoms with Crippen LogP contribution in [0.1, 0.15) is 0 Å². The van der Waals surface area contributed by atoms with Gasteiger partial charge in [-0.25, -0.2) is 21.8 Å². The van der Waals surface area contributed by atoms with Crippen LogP contribution in [-0.2, 0) is 30.4 Å². The smallest absolute Gasteiger partial charge is 0.871 e. The van der Waals surface area contributed by atoms with Crippen molar-refractivity contribution in [1.29, 1.82) is 0 Å². The van der Waals surface area contributed by atoms with Crippen molar-refractivity contribution in [1.82, 2.24) is 9.97 Å². The second-order valence-electron chi connectivity index (χ2n) is 7.77. The summed E-state index contributed by atoms with van der Waals surface area (Å²) in [6.45, 7) is 0. The Hall–Kier alpha value is -0.200. The number of nitrogens with zero attached hydrogens (tertiary/aromatic N) is 4. The van der Waals surface area contributed by atoms with Crippen molar-refractivity contribution in [2.75, 3.05) is 5.32 Å². The van der Waals surface area contributed by atoms with Crippen LogP contribution in [0.4, 0.5) is 22.9 Å². The van der Waals surface area contributed by atoms with E-state index in [4.69, 9.17) is 34.8 Å². The molecule has 0 fully saturated rings. The van der Waals surface area contributed by atoms with Gasteiger partial charge in [0.15, 0.2) is 11.0 Å². The van der Waals surface area contributed by atoms with Crippen LogP contribution in [0.5, 0.6) is 5.75 Å². The molecule has 1 heterocycles. The number of anilines is 2. The van der Waals surface area contributed by atoms with Gasteiger partial charge in [0.05, 0.1) is 15.5 Å². The molecule has 0 atom stereocenters. The van der Waals surface area contributed by atoms with Crippen molar-refractivity contribution < 1.29 is 133 Å². The number of benzene rings is 3. The second-order valence-corrected chi connectivity index (χ2v) is 13.0. The van der Waals surface area contributed by atoms with Crippen LogP contribution < -0.4 is 99.1 Å². The number of hydrogen-bond donors (Lipinski definition) is 2. The van der Waals surface area contributed by atoms with E-state index in [1.54, 1.807) is 0 Å². The summed E-state index contributed by atoms with van der Waals surface area (Å²) in [6, 6.07) is 5.58. The molecule has 0 amide bonds. The molecule has 0 aliphatic rings. The zero-order chi connectivity index (χ0) is 30.5. The molecule has 216 valence electrons. The van der Waals surface area contributed by atoms with Crippen LogP contribution in [0.3, 0.4) is 0 Å². The van der Waals surface area contributed by atoms with E-state index >= 15 is 0 Å². The zero-order valence-electron chi connectivity index (χ0n) is 22.3. The maximum atomic E-state index is 13.0. The van der Waals surface area contributed by atoms with Crippen molar-refractivity contribution in [3.8, 4) is 5.75 Å². The van der Waals surface area contributed by atoms with Crippen LogP contribution >= 0.6 is 34.8 Å². The number of fused-ring (bicyclic) bond motifs is 1. The minimum atomic E-state index is -5.17. The van der Waals surface area contributed by atoms with Crippen molar-refractivity contribution in [3.05, 3.63) is 57.9 Å². The molecule has 1 aromatic heterocycles. The number of aromatic nitrogens is 2. The zero-order valence-corrected chi connectivity index (χ0v) is 33.0. The molecule has 0 unspecified atom stereocenters. The normalized spacial score (nSPS) is 11.9. The summed E-state index contributed by atoms with van der Waals surface area (Å²) in [5.41, 5.74) is -1.38. The Kier molecular flexibility index (Phi) is 15.0. The Balaban J connectivity index is 0.00000323. The first kappa shape index (κ1) is 41.8. The predicted octanol–water partition coefficient (Wildman–Crippen LogP) is -5.11. The number of halogens is 3. The van der Waals surface area contributed by atoms with Crippen molar-refractivity contribution in [3.63, 3.8) is 0 Å². The summed E-state index contributed by atoms with van der Waals surface area (Å²) in [7, 11) is -15.4. The van der Waals surface area contributed by atoms with E-state index in [9.17, 15) is 44.0 Å². The SMILES string of the molecule is O=S(=O)([O-])c1ccc2c([O-])c(N=Nc3cc(Nc4nc(Cl)nc(Cl)c4Cl)ccc3S(=O)(=O)[O-])cc(S(=O)(=O)O)c2c1.[Na+].[Na+].[Na+]. The van der Waals surface area contributed by atoms with Crippen molar-refractivity contribution in [2.24, 2.45) is 10.2 Å². The largest absolute Gasteiger partial charge is 1.00 e. The molecule has 0 radical (unpaired) electrons. The van der Waals surface area contributed by atoms with Crippen LogP contribution in [0.15, 0.2) is 67.4 Å². The van der Waals surface area contributed by atoms with Gasteiger partial charge in [-0.3, -0.25) is 4.55 Å². The van der Waals surface area contributed by atoms with Crippen LogP contribution in [-0.4, -0.2) is 48.9 Å². The van der Waals surface area contributed by atoms with Gasteiger partial charge >= 0.3 is 88.7 Å². The fraction of sp³-hybridized carbons (Fsp3) is 0. The van der Waals surface area contributed by atoms with Gasteiger partial charge in [-0.05, 0) is 53.4 Å². The molecule has 0 saturated carbocycles. The van der Waals surface area contributed by atoms with Gasteiger partial charge in [0.1, 0.15) is 35.8 Å². The third-order valence-electron chi connectivity index (χ3n) is 5.11. The number of azo groups is 1. The topological polar surface area (TPSA) is 254 Å². The number of rotatable bonds is 7. The van der Waals surface area contributed by atoms with Gasteiger partial charge in [-0.2, -0.15) is 18.5 Å². The predicted molar refractivity (Wildman–Crippen MR) is 140 cm³/mol. The molecule has 3 aromatic carbocycles. The maximum absolute atomic E-state index is 13.0. The monoisotopic (exact) mass is 749 g/mol. The number of hydrogen-bond acceptors (Lipinski definition) is 14. The Morgan fingerprint density at radius 3 is 1.93 bits per heavy atom. The van der Waals surface area contributed by atoms with Crippen molar-refractivity contribution >= 4 is 98.8 Å². The first-order chi connectivity index (χ1) is 18.9. The van der Waals surface area contributed by atoms with E-state index in [-0.39, 0.29) is 116 Å². The third kappa shape index (κ3) is 9.68. The summed E-state index contributed by atoms with van der Waals surface area (Å²) >= 11 is 17.6. The summed E-state index contributed by atoms with van der Waals surface area (Å²) in [4.78, 5) is 4.67. The fourth-order valence-corrected chi connectivity index (χ4v) is 5.69. The average molecular weight is 751 g/mol. The molecule has 4 aromatic rings. The molecule has 15 nitrogen and oxygen atoms in total. The van der Waals surface area contributed by atoms with Gasteiger partial charge in [-0.15, -0.1) is 5.11 Å². The van der Waals surface area contributed by atoms with E-state index in [2.05, 4.69) is 25.5 Å². The summed E-state index contributed by atoms with van der Waals surface area (Å²) in [5.74, 6) is -1.17. The van der Waals surface area contributed by atoms with E-state index in [1.165, 1.54) is 0 Å². The van der Waals surface area contributed by atoms with E-state index in [0.29, 0.717) is 12.1 Å². The Morgan fingerprint density at radius 1 is 0.750 bits per heavy atom. The summed E-state index contributed by atoms with van der Waals surface area (Å²) < 4.78 is 103. The second kappa shape index (κ2) is 15.8. The molecule has 0 aliphatic carbocycles. The van der Waals surface area contributed by atoms with Crippen molar-refractivity contribution in [2.45, 2.75) is 14.7 Å². The molecule has 0 aliphatic heterocycles. The summed E-state index contributed by atoms with van der Waals surface area (Å²) in [6.07, 6.45) is 0. The van der Waals surface area contributed by atoms with E-state index in [1.807, 2.05) is 0 Å². The van der Waals surface area contributed by atoms with Gasteiger partial charge in [0.25, 0.3) is 10.1 Å². The average Bonchev–Trinajstić information content (AvgIpc) is 2.84. The fourth-order valence-electron chi connectivity index (χ4n) is 3.38. The van der Waals surface area contributed by atoms with E-state index < -0.39 is 72.9 Å². The minimum Gasteiger partial charge on any atom is -0.871 e. The van der Waals surface area contributed by atoms with Gasteiger partial charge in [0, 0.05) is 11.1 Å². The first-order valence-corrected chi connectivity index (χ1v) is 15.6. The van der Waals surface area contributed by atoms with Crippen LogP contribution in [0, 0.1) is 0 Å². The van der Waals surface area contributed by atoms with Crippen LogP contribution in [0.25, 0.3) is 10.8 Å². The molecule has 0 saturated heterocycles. The molecule has 2 N–H and O–H groups in total. The Labute approximate surface area is 330 Å². The van der Waals surface area contributed by atoms with Gasteiger partial charge in [-0.1, -0.05) is 35.0 Å².